The van der Waals surface area contributed by atoms with Crippen LogP contribution < -0.4 is 10.6 Å². The Kier molecular flexibility index (Phi) is 2.36. The first-order valence-electron chi connectivity index (χ1n) is 5.44. The number of furan rings is 1. The second-order valence-electron chi connectivity index (χ2n) is 3.97. The summed E-state index contributed by atoms with van der Waals surface area (Å²) in [5.41, 5.74) is 6.30. The second-order valence-corrected chi connectivity index (χ2v) is 3.97. The third-order valence-corrected chi connectivity index (χ3v) is 2.64. The maximum atomic E-state index is 5.67. The van der Waals surface area contributed by atoms with Gasteiger partial charge >= 0.3 is 0 Å². The zero-order valence-corrected chi connectivity index (χ0v) is 9.79. The zero-order chi connectivity index (χ0) is 12.5. The normalized spacial score (nSPS) is 10.9. The van der Waals surface area contributed by atoms with Gasteiger partial charge in [0.05, 0.1) is 24.4 Å². The maximum absolute atomic E-state index is 5.67. The monoisotopic (exact) mass is 244 g/mol. The van der Waals surface area contributed by atoms with Gasteiger partial charge in [0.25, 0.3) is 0 Å². The van der Waals surface area contributed by atoms with Gasteiger partial charge in [-0.2, -0.15) is 15.1 Å². The summed E-state index contributed by atoms with van der Waals surface area (Å²) in [6, 6.07) is 3.76. The summed E-state index contributed by atoms with van der Waals surface area (Å²) >= 11 is 0. The molecule has 3 rings (SSSR count). The minimum atomic E-state index is 0.216. The van der Waals surface area contributed by atoms with E-state index in [4.69, 9.17) is 10.2 Å². The number of nitrogens with zero attached hydrogens (tertiary/aromatic N) is 4. The first-order chi connectivity index (χ1) is 8.74. The molecule has 3 aromatic rings. The maximum Gasteiger partial charge on any atom is 0.224 e. The lowest BCUT2D eigenvalue weighted by atomic mass is 10.3. The molecule has 0 saturated heterocycles. The topological polar surface area (TPSA) is 96.9 Å². The Bertz CT molecular complexity index is 659. The van der Waals surface area contributed by atoms with Crippen molar-refractivity contribution in [3.05, 3.63) is 30.4 Å². The van der Waals surface area contributed by atoms with Gasteiger partial charge in [-0.1, -0.05) is 0 Å². The van der Waals surface area contributed by atoms with Gasteiger partial charge in [-0.15, -0.1) is 0 Å². The molecule has 0 bridgehead atoms. The van der Waals surface area contributed by atoms with Crippen LogP contribution in [0, 0.1) is 0 Å². The second kappa shape index (κ2) is 4.02. The Morgan fingerprint density at radius 1 is 1.44 bits per heavy atom. The van der Waals surface area contributed by atoms with Crippen LogP contribution in [0.2, 0.25) is 0 Å². The van der Waals surface area contributed by atoms with E-state index in [9.17, 15) is 0 Å². The first-order valence-corrected chi connectivity index (χ1v) is 5.44. The molecule has 0 radical (unpaired) electrons. The fraction of sp³-hybridized carbons (Fsp3) is 0.182. The highest BCUT2D eigenvalue weighted by atomic mass is 16.3. The van der Waals surface area contributed by atoms with Crippen LogP contribution in [0.1, 0.15) is 5.76 Å². The summed E-state index contributed by atoms with van der Waals surface area (Å²) in [4.78, 5) is 10.3. The number of aromatic nitrogens is 4. The van der Waals surface area contributed by atoms with Crippen molar-refractivity contribution in [3.63, 3.8) is 0 Å². The van der Waals surface area contributed by atoms with E-state index in [-0.39, 0.29) is 5.95 Å². The molecule has 0 atom stereocenters. The van der Waals surface area contributed by atoms with E-state index in [2.05, 4.69) is 20.2 Å². The molecule has 0 amide bonds. The van der Waals surface area contributed by atoms with Crippen LogP contribution >= 0.6 is 0 Å². The number of rotatable bonds is 3. The molecular formula is C11H12N6O. The summed E-state index contributed by atoms with van der Waals surface area (Å²) in [6.45, 7) is 0.601. The van der Waals surface area contributed by atoms with E-state index >= 15 is 0 Å². The molecule has 0 unspecified atom stereocenters. The number of nitrogens with two attached hydrogens (primary N) is 1. The van der Waals surface area contributed by atoms with Crippen molar-refractivity contribution >= 4 is 22.8 Å². The Morgan fingerprint density at radius 2 is 2.33 bits per heavy atom. The number of aromatic amines is 1. The number of hydrogen-bond acceptors (Lipinski definition) is 6. The molecule has 0 aliphatic heterocycles. The zero-order valence-electron chi connectivity index (χ0n) is 9.79. The van der Waals surface area contributed by atoms with Gasteiger partial charge < -0.3 is 15.1 Å². The molecule has 0 aliphatic rings. The van der Waals surface area contributed by atoms with Crippen LogP contribution in [0.3, 0.4) is 0 Å². The number of nitrogens with one attached hydrogen (secondary N) is 1. The Labute approximate surface area is 103 Å². The SMILES string of the molecule is CN(Cc1ccco1)c1nc(N)nc2[nH]ncc12. The highest BCUT2D eigenvalue weighted by molar-refractivity contribution is 5.87. The van der Waals surface area contributed by atoms with Crippen molar-refractivity contribution in [2.75, 3.05) is 17.7 Å². The third-order valence-electron chi connectivity index (χ3n) is 2.64. The lowest BCUT2D eigenvalue weighted by molar-refractivity contribution is 0.507. The van der Waals surface area contributed by atoms with Crippen molar-refractivity contribution in [3.8, 4) is 0 Å². The van der Waals surface area contributed by atoms with Gasteiger partial charge in [-0.25, -0.2) is 0 Å². The van der Waals surface area contributed by atoms with Gasteiger partial charge in [0, 0.05) is 7.05 Å². The van der Waals surface area contributed by atoms with Crippen LogP contribution in [0.4, 0.5) is 11.8 Å². The Balaban J connectivity index is 2.00. The standard InChI is InChI=1S/C11H12N6O/c1-17(6-7-3-2-4-18-7)10-8-5-13-16-9(8)14-11(12)15-10/h2-5H,6H2,1H3,(H3,12,13,14,15,16). The molecule has 92 valence electrons. The van der Waals surface area contributed by atoms with Gasteiger partial charge in [0.15, 0.2) is 5.65 Å². The first kappa shape index (κ1) is 10.6. The fourth-order valence-corrected chi connectivity index (χ4v) is 1.84. The van der Waals surface area contributed by atoms with Crippen LogP contribution in [0.15, 0.2) is 29.0 Å². The molecule has 0 aliphatic carbocycles. The van der Waals surface area contributed by atoms with E-state index in [0.29, 0.717) is 12.2 Å². The minimum Gasteiger partial charge on any atom is -0.467 e. The lowest BCUT2D eigenvalue weighted by Gasteiger charge is -2.17. The molecule has 3 aromatic heterocycles. The highest BCUT2D eigenvalue weighted by Gasteiger charge is 2.13. The molecule has 18 heavy (non-hydrogen) atoms. The summed E-state index contributed by atoms with van der Waals surface area (Å²) in [5, 5.41) is 7.56. The molecule has 0 fully saturated rings. The lowest BCUT2D eigenvalue weighted by Crippen LogP contribution is -2.18. The molecule has 3 N–H and O–H groups in total. The highest BCUT2D eigenvalue weighted by Crippen LogP contribution is 2.23. The predicted molar refractivity (Wildman–Crippen MR) is 66.9 cm³/mol. The molecule has 3 heterocycles. The molecule has 0 spiro atoms. The largest absolute Gasteiger partial charge is 0.467 e. The van der Waals surface area contributed by atoms with Crippen LogP contribution in [0.25, 0.3) is 11.0 Å². The fourth-order valence-electron chi connectivity index (χ4n) is 1.84. The molecule has 7 heteroatoms. The smallest absolute Gasteiger partial charge is 0.224 e. The minimum absolute atomic E-state index is 0.216. The summed E-state index contributed by atoms with van der Waals surface area (Å²) in [6.07, 6.45) is 3.33. The predicted octanol–water partition coefficient (Wildman–Crippen LogP) is 1.16. The average Bonchev–Trinajstić information content (AvgIpc) is 2.97. The van der Waals surface area contributed by atoms with Crippen molar-refractivity contribution in [1.82, 2.24) is 20.2 Å². The number of fused-ring (bicyclic) bond motifs is 1. The molecular weight excluding hydrogens is 232 g/mol. The van der Waals surface area contributed by atoms with Gasteiger partial charge in [0.2, 0.25) is 5.95 Å². The third kappa shape index (κ3) is 1.75. The number of nitrogen functional groups attached to an aromatic ring is 1. The average molecular weight is 244 g/mol. The van der Waals surface area contributed by atoms with Gasteiger partial charge in [-0.3, -0.25) is 5.10 Å². The number of H-pyrrole nitrogens is 1. The Morgan fingerprint density at radius 3 is 3.11 bits per heavy atom. The van der Waals surface area contributed by atoms with E-state index in [1.54, 1.807) is 12.5 Å². The van der Waals surface area contributed by atoms with Crippen molar-refractivity contribution < 1.29 is 4.42 Å². The van der Waals surface area contributed by atoms with E-state index in [1.807, 2.05) is 24.1 Å². The summed E-state index contributed by atoms with van der Waals surface area (Å²) in [7, 11) is 1.91. The molecule has 7 nitrogen and oxygen atoms in total. The van der Waals surface area contributed by atoms with Gasteiger partial charge in [-0.05, 0) is 12.1 Å². The van der Waals surface area contributed by atoms with E-state index in [0.717, 1.165) is 17.0 Å². The van der Waals surface area contributed by atoms with Crippen LogP contribution in [-0.2, 0) is 6.54 Å². The van der Waals surface area contributed by atoms with E-state index in [1.165, 1.54) is 0 Å². The Hall–Kier alpha value is -2.57. The van der Waals surface area contributed by atoms with Crippen molar-refractivity contribution in [2.45, 2.75) is 6.54 Å². The van der Waals surface area contributed by atoms with Gasteiger partial charge in [0.1, 0.15) is 11.6 Å². The van der Waals surface area contributed by atoms with E-state index < -0.39 is 0 Å². The van der Waals surface area contributed by atoms with Crippen molar-refractivity contribution in [2.24, 2.45) is 0 Å². The number of anilines is 2. The summed E-state index contributed by atoms with van der Waals surface area (Å²) < 4.78 is 5.31. The van der Waals surface area contributed by atoms with Crippen molar-refractivity contribution in [1.29, 1.82) is 0 Å². The number of hydrogen-bond donors (Lipinski definition) is 2. The quantitative estimate of drug-likeness (QED) is 0.717. The summed E-state index contributed by atoms with van der Waals surface area (Å²) in [5.74, 6) is 1.79. The van der Waals surface area contributed by atoms with Crippen LogP contribution in [0.5, 0.6) is 0 Å². The van der Waals surface area contributed by atoms with Crippen LogP contribution in [-0.4, -0.2) is 27.2 Å². The molecule has 0 saturated carbocycles. The molecule has 0 aromatic carbocycles.